The lowest BCUT2D eigenvalue weighted by molar-refractivity contribution is 0.414. The summed E-state index contributed by atoms with van der Waals surface area (Å²) in [6.07, 6.45) is 0. The van der Waals surface area contributed by atoms with Gasteiger partial charge in [0.25, 0.3) is 0 Å². The third kappa shape index (κ3) is 3.95. The minimum Gasteiger partial charge on any atom is -0.497 e. The highest BCUT2D eigenvalue weighted by Crippen LogP contribution is 2.36. The second kappa shape index (κ2) is 7.37. The van der Waals surface area contributed by atoms with Gasteiger partial charge in [0.15, 0.2) is 15.0 Å². The lowest BCUT2D eigenvalue weighted by Gasteiger charge is -2.26. The van der Waals surface area contributed by atoms with Crippen LogP contribution in [0.2, 0.25) is 5.02 Å². The van der Waals surface area contributed by atoms with E-state index in [1.54, 1.807) is 18.9 Å². The van der Waals surface area contributed by atoms with Crippen molar-refractivity contribution in [3.63, 3.8) is 0 Å². The molecule has 0 bridgehead atoms. The van der Waals surface area contributed by atoms with Crippen molar-refractivity contribution in [2.45, 2.75) is 17.8 Å². The average Bonchev–Trinajstić information content (AvgIpc) is 3.11. The van der Waals surface area contributed by atoms with Crippen LogP contribution in [0.15, 0.2) is 53.5 Å². The number of ether oxygens (including phenoxy) is 1. The Morgan fingerprint density at radius 2 is 2.00 bits per heavy atom. The Hall–Kier alpha value is -1.70. The van der Waals surface area contributed by atoms with Crippen LogP contribution in [0.4, 0.5) is 5.69 Å². The van der Waals surface area contributed by atoms with Gasteiger partial charge in [-0.2, -0.15) is 0 Å². The van der Waals surface area contributed by atoms with E-state index in [0.717, 1.165) is 27.9 Å². The van der Waals surface area contributed by atoms with Gasteiger partial charge in [-0.15, -0.1) is 0 Å². The number of rotatable bonds is 4. The van der Waals surface area contributed by atoms with Gasteiger partial charge in [-0.3, -0.25) is 4.99 Å². The Labute approximate surface area is 168 Å². The number of fused-ring (bicyclic) bond motifs is 1. The first-order valence-electron chi connectivity index (χ1n) is 8.54. The number of halogens is 1. The van der Waals surface area contributed by atoms with Gasteiger partial charge in [-0.1, -0.05) is 41.6 Å². The first-order chi connectivity index (χ1) is 12.9. The molecule has 2 aliphatic rings. The van der Waals surface area contributed by atoms with E-state index in [0.29, 0.717) is 5.02 Å². The molecule has 4 rings (SSSR count). The number of sulfone groups is 1. The first-order valence-corrected chi connectivity index (χ1v) is 11.7. The highest BCUT2D eigenvalue weighted by atomic mass is 35.5. The molecule has 0 radical (unpaired) electrons. The monoisotopic (exact) mass is 422 g/mol. The molecule has 0 N–H and O–H groups in total. The zero-order valence-corrected chi connectivity index (χ0v) is 17.1. The normalized spacial score (nSPS) is 23.2. The van der Waals surface area contributed by atoms with E-state index < -0.39 is 9.84 Å². The molecule has 2 atom stereocenters. The van der Waals surface area contributed by atoms with E-state index >= 15 is 0 Å². The van der Waals surface area contributed by atoms with Crippen molar-refractivity contribution in [2.75, 3.05) is 23.5 Å². The van der Waals surface area contributed by atoms with Crippen molar-refractivity contribution in [3.05, 3.63) is 59.1 Å². The Morgan fingerprint density at radius 3 is 2.70 bits per heavy atom. The molecule has 0 saturated carbocycles. The van der Waals surface area contributed by atoms with Gasteiger partial charge in [0, 0.05) is 16.5 Å². The van der Waals surface area contributed by atoms with Gasteiger partial charge in [0.05, 0.1) is 30.7 Å². The summed E-state index contributed by atoms with van der Waals surface area (Å²) in [5.74, 6) is 1.80. The topological polar surface area (TPSA) is 59.0 Å². The van der Waals surface area contributed by atoms with Crippen LogP contribution in [0, 0.1) is 0 Å². The van der Waals surface area contributed by atoms with Crippen LogP contribution in [0.25, 0.3) is 0 Å². The fraction of sp³-hybridized carbons (Fsp3) is 0.316. The Kier molecular flexibility index (Phi) is 5.09. The minimum atomic E-state index is -3.06. The smallest absolute Gasteiger partial charge is 0.164 e. The lowest BCUT2D eigenvalue weighted by atomic mass is 10.1. The SMILES string of the molecule is COc1ccc(CSC2=N[C@H]3CS(=O)(=O)C[C@H]3N2c2cccc(Cl)c2)cc1. The number of amidine groups is 1. The molecule has 0 aliphatic carbocycles. The largest absolute Gasteiger partial charge is 0.497 e. The van der Waals surface area contributed by atoms with Gasteiger partial charge in [0.1, 0.15) is 5.75 Å². The molecule has 2 aromatic carbocycles. The molecule has 2 aliphatic heterocycles. The molecular formula is C19H19ClN2O3S2. The number of benzene rings is 2. The second-order valence-electron chi connectivity index (χ2n) is 6.61. The summed E-state index contributed by atoms with van der Waals surface area (Å²) in [4.78, 5) is 6.78. The van der Waals surface area contributed by atoms with Gasteiger partial charge in [-0.25, -0.2) is 8.42 Å². The van der Waals surface area contributed by atoms with Crippen LogP contribution in [-0.4, -0.2) is 44.3 Å². The molecule has 2 heterocycles. The van der Waals surface area contributed by atoms with Crippen molar-refractivity contribution in [3.8, 4) is 5.75 Å². The maximum absolute atomic E-state index is 12.1. The van der Waals surface area contributed by atoms with E-state index in [1.807, 2.05) is 53.4 Å². The highest BCUT2D eigenvalue weighted by Gasteiger charge is 2.47. The Balaban J connectivity index is 1.58. The highest BCUT2D eigenvalue weighted by molar-refractivity contribution is 8.13. The fourth-order valence-corrected chi connectivity index (χ4v) is 6.54. The molecule has 0 spiro atoms. The second-order valence-corrected chi connectivity index (χ2v) is 10.1. The number of anilines is 1. The van der Waals surface area contributed by atoms with Crippen LogP contribution < -0.4 is 9.64 Å². The van der Waals surface area contributed by atoms with Crippen LogP contribution >= 0.6 is 23.4 Å². The van der Waals surface area contributed by atoms with Crippen molar-refractivity contribution < 1.29 is 13.2 Å². The summed E-state index contributed by atoms with van der Waals surface area (Å²) in [6.45, 7) is 0. The predicted octanol–water partition coefficient (Wildman–Crippen LogP) is 3.62. The van der Waals surface area contributed by atoms with Crippen LogP contribution in [0.1, 0.15) is 5.56 Å². The average molecular weight is 423 g/mol. The lowest BCUT2D eigenvalue weighted by Crippen LogP contribution is -2.39. The summed E-state index contributed by atoms with van der Waals surface area (Å²) in [5.41, 5.74) is 2.03. The maximum atomic E-state index is 12.1. The van der Waals surface area contributed by atoms with Gasteiger partial charge < -0.3 is 9.64 Å². The number of aliphatic imine (C=N–C) groups is 1. The van der Waals surface area contributed by atoms with Gasteiger partial charge in [0.2, 0.25) is 0 Å². The third-order valence-electron chi connectivity index (χ3n) is 4.72. The Morgan fingerprint density at radius 1 is 1.22 bits per heavy atom. The van der Waals surface area contributed by atoms with E-state index in [-0.39, 0.29) is 23.6 Å². The molecule has 0 unspecified atom stereocenters. The zero-order valence-electron chi connectivity index (χ0n) is 14.7. The summed E-state index contributed by atoms with van der Waals surface area (Å²) in [5, 5.41) is 1.47. The van der Waals surface area contributed by atoms with E-state index in [9.17, 15) is 8.42 Å². The molecular weight excluding hydrogens is 404 g/mol. The number of hydrogen-bond donors (Lipinski definition) is 0. The molecule has 1 fully saturated rings. The maximum Gasteiger partial charge on any atom is 0.164 e. The molecule has 1 saturated heterocycles. The molecule has 5 nitrogen and oxygen atoms in total. The number of hydrogen-bond acceptors (Lipinski definition) is 6. The van der Waals surface area contributed by atoms with Crippen LogP contribution in [0.3, 0.4) is 0 Å². The van der Waals surface area contributed by atoms with E-state index in [2.05, 4.69) is 0 Å². The van der Waals surface area contributed by atoms with Crippen LogP contribution in [-0.2, 0) is 15.6 Å². The molecule has 8 heteroatoms. The molecule has 27 heavy (non-hydrogen) atoms. The molecule has 142 valence electrons. The van der Waals surface area contributed by atoms with Gasteiger partial charge in [-0.05, 0) is 35.9 Å². The summed E-state index contributed by atoms with van der Waals surface area (Å²) in [7, 11) is -1.41. The summed E-state index contributed by atoms with van der Waals surface area (Å²) < 4.78 is 29.4. The first kappa shape index (κ1) is 18.7. The van der Waals surface area contributed by atoms with E-state index in [1.165, 1.54) is 0 Å². The van der Waals surface area contributed by atoms with Crippen molar-refractivity contribution in [2.24, 2.45) is 4.99 Å². The third-order valence-corrected chi connectivity index (χ3v) is 7.69. The minimum absolute atomic E-state index is 0.112. The summed E-state index contributed by atoms with van der Waals surface area (Å²) in [6, 6.07) is 15.0. The van der Waals surface area contributed by atoms with Crippen molar-refractivity contribution in [1.29, 1.82) is 0 Å². The molecule has 0 amide bonds. The standard InChI is InChI=1S/C19H19ClN2O3S2/c1-25-16-7-5-13(6-8-16)10-26-19-21-17-11-27(23,24)12-18(17)22(19)15-4-2-3-14(20)9-15/h2-9,17-18H,10-12H2,1H3/t17-,18+/m0/s1. The fourth-order valence-electron chi connectivity index (χ4n) is 3.43. The zero-order chi connectivity index (χ0) is 19.0. The quantitative estimate of drug-likeness (QED) is 0.753. The van der Waals surface area contributed by atoms with E-state index in [4.69, 9.17) is 21.3 Å². The Bertz CT molecular complexity index is 977. The molecule has 0 aromatic heterocycles. The van der Waals surface area contributed by atoms with Crippen molar-refractivity contribution in [1.82, 2.24) is 0 Å². The number of thioether (sulfide) groups is 1. The predicted molar refractivity (Wildman–Crippen MR) is 112 cm³/mol. The number of nitrogens with zero attached hydrogens (tertiary/aromatic N) is 2. The molecule has 2 aromatic rings. The van der Waals surface area contributed by atoms with Crippen LogP contribution in [0.5, 0.6) is 5.75 Å². The summed E-state index contributed by atoms with van der Waals surface area (Å²) >= 11 is 7.78. The van der Waals surface area contributed by atoms with Gasteiger partial charge >= 0.3 is 0 Å². The van der Waals surface area contributed by atoms with Crippen molar-refractivity contribution >= 4 is 44.1 Å². The number of methoxy groups -OCH3 is 1.